The average molecular weight is 534 g/mol. The van der Waals surface area contributed by atoms with Crippen molar-refractivity contribution in [1.82, 2.24) is 4.90 Å². The van der Waals surface area contributed by atoms with E-state index < -0.39 is 12.1 Å². The topological polar surface area (TPSA) is 94.5 Å². The smallest absolute Gasteiger partial charge is 0.482 e. The van der Waals surface area contributed by atoms with Gasteiger partial charge in [-0.1, -0.05) is 45.2 Å². The van der Waals surface area contributed by atoms with Crippen LogP contribution in [0.5, 0.6) is 5.75 Å². The van der Waals surface area contributed by atoms with Crippen LogP contribution in [0.1, 0.15) is 69.9 Å². The number of esters is 1. The summed E-state index contributed by atoms with van der Waals surface area (Å²) in [5.74, 6) is 1.16. The molecule has 0 aliphatic heterocycles. The summed E-state index contributed by atoms with van der Waals surface area (Å²) in [5.41, 5.74) is 2.34. The van der Waals surface area contributed by atoms with Gasteiger partial charge in [-0.25, -0.2) is 9.59 Å². The van der Waals surface area contributed by atoms with Crippen LogP contribution in [0.25, 0.3) is 0 Å². The lowest BCUT2D eigenvalue weighted by Crippen LogP contribution is -2.30. The number of unbranched alkanes of at least 4 members (excludes halogenated alkanes) is 2. The lowest BCUT2D eigenvalue weighted by atomic mass is 9.73. The predicted octanol–water partition coefficient (Wildman–Crippen LogP) is 4.78. The summed E-state index contributed by atoms with van der Waals surface area (Å²) in [6, 6.07) is 5.99. The Morgan fingerprint density at radius 3 is 2.71 bits per heavy atom. The summed E-state index contributed by atoms with van der Waals surface area (Å²) in [6.07, 6.45) is 6.91. The van der Waals surface area contributed by atoms with Crippen LogP contribution in [0.4, 0.5) is 4.79 Å². The zero-order valence-corrected chi connectivity index (χ0v) is 23.7. The molecule has 0 unspecified atom stereocenters. The number of aliphatic hydroxyl groups is 1. The zero-order valence-electron chi connectivity index (χ0n) is 23.7. The van der Waals surface area contributed by atoms with Crippen LogP contribution in [0.15, 0.2) is 18.2 Å². The highest BCUT2D eigenvalue weighted by Crippen LogP contribution is 2.49. The predicted molar refractivity (Wildman–Crippen MR) is 145 cm³/mol. The molecule has 0 spiro atoms. The van der Waals surface area contributed by atoms with Gasteiger partial charge in [0.25, 0.3) is 0 Å². The number of ether oxygens (including phenoxy) is 4. The number of likely N-dealkylation sites (N-methyl/N-ethyl adjacent to an activating group) is 1. The molecule has 3 rings (SSSR count). The standard InChI is InChI=1S/C30H47NO7/c1-5-7-8-11-23(32)13-14-24-25-17-21-10-9-12-27(37-20-29(33)35-4)26(21)18-22(25)19-28(24)38-30(34)36-16-15-31(3)6-2/h9-10,12,22-25,28,32H,5-8,11,13-20H2,1-4H3/t22-,23-,24+,25-,28+/m0/s1. The molecule has 0 bridgehead atoms. The number of nitrogens with zero attached hydrogens (tertiary/aromatic N) is 1. The highest BCUT2D eigenvalue weighted by atomic mass is 16.7. The Morgan fingerprint density at radius 1 is 1.16 bits per heavy atom. The zero-order chi connectivity index (χ0) is 27.5. The van der Waals surface area contributed by atoms with Gasteiger partial charge in [0.15, 0.2) is 6.61 Å². The summed E-state index contributed by atoms with van der Waals surface area (Å²) < 4.78 is 21.9. The van der Waals surface area contributed by atoms with E-state index in [2.05, 4.69) is 24.8 Å². The number of fused-ring (bicyclic) bond motifs is 2. The number of carbonyl (C=O) groups excluding carboxylic acids is 2. The second-order valence-corrected chi connectivity index (χ2v) is 10.9. The maximum Gasteiger partial charge on any atom is 0.508 e. The number of carbonyl (C=O) groups is 2. The van der Waals surface area contributed by atoms with E-state index in [0.29, 0.717) is 31.4 Å². The minimum absolute atomic E-state index is 0.121. The largest absolute Gasteiger partial charge is 0.508 e. The third-order valence-corrected chi connectivity index (χ3v) is 8.35. The number of benzene rings is 1. The van der Waals surface area contributed by atoms with E-state index in [1.165, 1.54) is 12.7 Å². The number of aliphatic hydroxyl groups excluding tert-OH is 1. The lowest BCUT2D eigenvalue weighted by Gasteiger charge is -2.32. The van der Waals surface area contributed by atoms with Gasteiger partial charge >= 0.3 is 12.1 Å². The summed E-state index contributed by atoms with van der Waals surface area (Å²) in [4.78, 5) is 26.3. The van der Waals surface area contributed by atoms with Crippen molar-refractivity contribution in [1.29, 1.82) is 0 Å². The second-order valence-electron chi connectivity index (χ2n) is 10.9. The summed E-state index contributed by atoms with van der Waals surface area (Å²) >= 11 is 0. The minimum atomic E-state index is -0.605. The van der Waals surface area contributed by atoms with Crippen molar-refractivity contribution in [3.8, 4) is 5.75 Å². The van der Waals surface area contributed by atoms with Gasteiger partial charge in [0.05, 0.1) is 13.2 Å². The molecule has 214 valence electrons. The van der Waals surface area contributed by atoms with E-state index in [1.54, 1.807) is 0 Å². The molecular weight excluding hydrogens is 486 g/mol. The van der Waals surface area contributed by atoms with E-state index in [4.69, 9.17) is 18.9 Å². The molecule has 1 saturated carbocycles. The van der Waals surface area contributed by atoms with Gasteiger partial charge in [0.1, 0.15) is 18.5 Å². The molecule has 0 radical (unpaired) electrons. The monoisotopic (exact) mass is 533 g/mol. The van der Waals surface area contributed by atoms with E-state index in [1.807, 2.05) is 19.2 Å². The Hall–Kier alpha value is -2.32. The van der Waals surface area contributed by atoms with Gasteiger partial charge in [0, 0.05) is 6.54 Å². The maximum atomic E-state index is 12.6. The first kappa shape index (κ1) is 30.2. The van der Waals surface area contributed by atoms with Crippen LogP contribution in [-0.2, 0) is 31.8 Å². The van der Waals surface area contributed by atoms with Gasteiger partial charge in [-0.3, -0.25) is 0 Å². The highest BCUT2D eigenvalue weighted by Gasteiger charge is 2.47. The molecule has 38 heavy (non-hydrogen) atoms. The van der Waals surface area contributed by atoms with E-state index in [9.17, 15) is 14.7 Å². The van der Waals surface area contributed by atoms with E-state index in [-0.39, 0.29) is 24.7 Å². The molecule has 1 fully saturated rings. The number of methoxy groups -OCH3 is 1. The fourth-order valence-electron chi connectivity index (χ4n) is 6.00. The van der Waals surface area contributed by atoms with E-state index in [0.717, 1.165) is 69.2 Å². The van der Waals surface area contributed by atoms with Gasteiger partial charge in [-0.05, 0) is 87.1 Å². The average Bonchev–Trinajstić information content (AvgIpc) is 3.24. The Labute approximate surface area is 228 Å². The van der Waals surface area contributed by atoms with Crippen LogP contribution in [0.3, 0.4) is 0 Å². The van der Waals surface area contributed by atoms with Crippen molar-refractivity contribution in [2.75, 3.05) is 40.5 Å². The van der Waals surface area contributed by atoms with Crippen molar-refractivity contribution in [3.63, 3.8) is 0 Å². The lowest BCUT2D eigenvalue weighted by molar-refractivity contribution is -0.142. The first-order chi connectivity index (χ1) is 18.4. The molecule has 1 aromatic rings. The summed E-state index contributed by atoms with van der Waals surface area (Å²) in [5, 5.41) is 10.6. The molecule has 1 aromatic carbocycles. The minimum Gasteiger partial charge on any atom is -0.482 e. The molecule has 8 heteroatoms. The molecular formula is C30H47NO7. The van der Waals surface area contributed by atoms with Crippen LogP contribution < -0.4 is 4.74 Å². The number of rotatable bonds is 15. The Kier molecular flexibility index (Phi) is 12.2. The molecule has 2 aliphatic carbocycles. The molecule has 0 amide bonds. The van der Waals surface area contributed by atoms with Crippen molar-refractivity contribution in [3.05, 3.63) is 29.3 Å². The van der Waals surface area contributed by atoms with Gasteiger partial charge in [-0.2, -0.15) is 0 Å². The number of hydrogen-bond acceptors (Lipinski definition) is 8. The van der Waals surface area contributed by atoms with Crippen LogP contribution in [0.2, 0.25) is 0 Å². The molecule has 5 atom stereocenters. The molecule has 1 N–H and O–H groups in total. The van der Waals surface area contributed by atoms with Gasteiger partial charge < -0.3 is 29.0 Å². The Bertz CT molecular complexity index is 891. The van der Waals surface area contributed by atoms with Crippen molar-refractivity contribution >= 4 is 12.1 Å². The third kappa shape index (κ3) is 8.60. The normalized spacial score (nSPS) is 22.9. The molecule has 0 heterocycles. The maximum absolute atomic E-state index is 12.6. The van der Waals surface area contributed by atoms with Crippen molar-refractivity contribution in [2.45, 2.75) is 83.8 Å². The van der Waals surface area contributed by atoms with Crippen LogP contribution >= 0.6 is 0 Å². The summed E-state index contributed by atoms with van der Waals surface area (Å²) in [6.45, 7) is 5.96. The second kappa shape index (κ2) is 15.3. The van der Waals surface area contributed by atoms with Gasteiger partial charge in [-0.15, -0.1) is 0 Å². The van der Waals surface area contributed by atoms with Gasteiger partial charge in [0.2, 0.25) is 0 Å². The first-order valence-corrected chi connectivity index (χ1v) is 14.4. The number of hydrogen-bond donors (Lipinski definition) is 1. The Morgan fingerprint density at radius 2 is 1.97 bits per heavy atom. The fraction of sp³-hybridized carbons (Fsp3) is 0.733. The summed E-state index contributed by atoms with van der Waals surface area (Å²) in [7, 11) is 3.34. The fourth-order valence-corrected chi connectivity index (χ4v) is 6.00. The van der Waals surface area contributed by atoms with Crippen LogP contribution in [0, 0.1) is 17.8 Å². The molecule has 0 saturated heterocycles. The van der Waals surface area contributed by atoms with Crippen LogP contribution in [-0.4, -0.2) is 74.8 Å². The van der Waals surface area contributed by atoms with Crippen molar-refractivity contribution in [2.24, 2.45) is 17.8 Å². The quantitative estimate of drug-likeness (QED) is 0.254. The SMILES string of the molecule is CCCCC[C@H](O)CC[C@@H]1[C@H]2Cc3cccc(OCC(=O)OC)c3C[C@H]2C[C@H]1OC(=O)OCCN(C)CC. The highest BCUT2D eigenvalue weighted by molar-refractivity contribution is 5.71. The Balaban J connectivity index is 1.69. The molecule has 2 aliphatic rings. The molecule has 0 aromatic heterocycles. The third-order valence-electron chi connectivity index (χ3n) is 8.35. The van der Waals surface area contributed by atoms with E-state index >= 15 is 0 Å². The van der Waals surface area contributed by atoms with Crippen molar-refractivity contribution < 1.29 is 33.6 Å². The molecule has 8 nitrogen and oxygen atoms in total. The first-order valence-electron chi connectivity index (χ1n) is 14.4.